The van der Waals surface area contributed by atoms with Gasteiger partial charge in [-0.3, -0.25) is 4.79 Å². The smallest absolute Gasteiger partial charge is 0.193 e. The van der Waals surface area contributed by atoms with E-state index in [1.165, 1.54) is 0 Å². The summed E-state index contributed by atoms with van der Waals surface area (Å²) < 4.78 is 0. The highest BCUT2D eigenvalue weighted by Crippen LogP contribution is 2.38. The van der Waals surface area contributed by atoms with E-state index in [9.17, 15) is 9.90 Å². The fourth-order valence-electron chi connectivity index (χ4n) is 4.29. The summed E-state index contributed by atoms with van der Waals surface area (Å²) in [6, 6.07) is 31.2. The van der Waals surface area contributed by atoms with Gasteiger partial charge in [0.2, 0.25) is 0 Å². The normalized spacial score (nSPS) is 13.4. The van der Waals surface area contributed by atoms with Crippen molar-refractivity contribution in [2.45, 2.75) is 12.0 Å². The number of aromatic nitrogens is 1. The average molecular weight is 391 g/mol. The molecule has 2 atom stereocenters. The van der Waals surface area contributed by atoms with Crippen LogP contribution in [0.15, 0.2) is 108 Å². The van der Waals surface area contributed by atoms with E-state index in [1.54, 1.807) is 6.20 Å². The van der Waals surface area contributed by atoms with Crippen LogP contribution in [0.25, 0.3) is 21.7 Å². The molecule has 5 aromatic rings. The Labute approximate surface area is 174 Å². The Morgan fingerprint density at radius 2 is 1.33 bits per heavy atom. The molecule has 0 amide bonds. The van der Waals surface area contributed by atoms with Gasteiger partial charge in [0.05, 0.1) is 6.10 Å². The number of para-hydroxylation sites is 1. The lowest BCUT2D eigenvalue weighted by Crippen LogP contribution is -2.21. The minimum absolute atomic E-state index is 0.0579. The Bertz CT molecular complexity index is 1380. The van der Waals surface area contributed by atoms with Crippen LogP contribution < -0.4 is 5.43 Å². The van der Waals surface area contributed by atoms with Crippen LogP contribution in [-0.4, -0.2) is 10.1 Å². The largest absolute Gasteiger partial charge is 0.387 e. The molecule has 2 N–H and O–H groups in total. The highest BCUT2D eigenvalue weighted by molar-refractivity contribution is 5.86. The first kappa shape index (κ1) is 18.3. The first-order valence-corrected chi connectivity index (χ1v) is 10.0. The quantitative estimate of drug-likeness (QED) is 0.422. The fraction of sp³-hybridized carbons (Fsp3) is 0.0741. The van der Waals surface area contributed by atoms with Gasteiger partial charge in [-0.05, 0) is 34.0 Å². The Morgan fingerprint density at radius 3 is 2.17 bits per heavy atom. The molecule has 0 saturated carbocycles. The van der Waals surface area contributed by atoms with Gasteiger partial charge in [0.25, 0.3) is 0 Å². The van der Waals surface area contributed by atoms with E-state index in [2.05, 4.69) is 4.98 Å². The van der Waals surface area contributed by atoms with Crippen molar-refractivity contribution >= 4 is 21.7 Å². The average Bonchev–Trinajstić information content (AvgIpc) is 2.81. The summed E-state index contributed by atoms with van der Waals surface area (Å²) in [4.78, 5) is 16.7. The van der Waals surface area contributed by atoms with Crippen molar-refractivity contribution in [1.29, 1.82) is 0 Å². The Hall–Kier alpha value is -3.69. The number of pyridine rings is 1. The first-order valence-electron chi connectivity index (χ1n) is 10.0. The second-order valence-electron chi connectivity index (χ2n) is 7.52. The molecule has 146 valence electrons. The van der Waals surface area contributed by atoms with Crippen molar-refractivity contribution in [3.63, 3.8) is 0 Å². The van der Waals surface area contributed by atoms with Crippen LogP contribution >= 0.6 is 0 Å². The molecule has 1 heterocycles. The van der Waals surface area contributed by atoms with Crippen molar-refractivity contribution in [3.8, 4) is 0 Å². The third kappa shape index (κ3) is 3.10. The van der Waals surface area contributed by atoms with E-state index in [0.717, 1.165) is 27.4 Å². The van der Waals surface area contributed by atoms with Gasteiger partial charge in [-0.25, -0.2) is 0 Å². The van der Waals surface area contributed by atoms with Gasteiger partial charge in [0.1, 0.15) is 0 Å². The molecule has 0 spiro atoms. The summed E-state index contributed by atoms with van der Waals surface area (Å²) >= 11 is 0. The van der Waals surface area contributed by atoms with Crippen LogP contribution in [0.1, 0.15) is 28.7 Å². The number of H-pyrrole nitrogens is 1. The van der Waals surface area contributed by atoms with Gasteiger partial charge in [0.15, 0.2) is 5.43 Å². The van der Waals surface area contributed by atoms with Crippen molar-refractivity contribution in [2.24, 2.45) is 0 Å². The molecule has 0 aliphatic carbocycles. The first-order chi connectivity index (χ1) is 14.7. The summed E-state index contributed by atoms with van der Waals surface area (Å²) in [5.74, 6) is -0.495. The van der Waals surface area contributed by atoms with Gasteiger partial charge >= 0.3 is 0 Å². The molecule has 0 fully saturated rings. The van der Waals surface area contributed by atoms with Crippen LogP contribution in [0.5, 0.6) is 0 Å². The third-order valence-electron chi connectivity index (χ3n) is 5.77. The highest BCUT2D eigenvalue weighted by Gasteiger charge is 2.28. The molecule has 0 bridgehead atoms. The molecule has 2 unspecified atom stereocenters. The van der Waals surface area contributed by atoms with E-state index in [4.69, 9.17) is 0 Å². The zero-order chi connectivity index (χ0) is 20.5. The third-order valence-corrected chi connectivity index (χ3v) is 5.77. The highest BCUT2D eigenvalue weighted by atomic mass is 16.3. The predicted molar refractivity (Wildman–Crippen MR) is 122 cm³/mol. The van der Waals surface area contributed by atoms with Gasteiger partial charge < -0.3 is 10.1 Å². The van der Waals surface area contributed by atoms with Crippen LogP contribution in [0.2, 0.25) is 0 Å². The van der Waals surface area contributed by atoms with Crippen molar-refractivity contribution in [2.75, 3.05) is 0 Å². The van der Waals surface area contributed by atoms with E-state index in [0.29, 0.717) is 10.9 Å². The van der Waals surface area contributed by atoms with Crippen molar-refractivity contribution in [3.05, 3.63) is 130 Å². The standard InChI is InChI=1S/C27H21NO2/c29-26-22-14-6-7-16-24(22)28-17-23(26)25(19-10-2-1-3-11-19)27(30)21-15-8-12-18-9-4-5-13-20(18)21/h1-17,25,27,30H,(H,28,29). The Morgan fingerprint density at radius 1 is 0.667 bits per heavy atom. The molecular formula is C27H21NO2. The maximum Gasteiger partial charge on any atom is 0.193 e. The Balaban J connectivity index is 1.74. The predicted octanol–water partition coefficient (Wildman–Crippen LogP) is 5.55. The van der Waals surface area contributed by atoms with Crippen molar-refractivity contribution in [1.82, 2.24) is 4.98 Å². The number of aliphatic hydroxyl groups excluding tert-OH is 1. The van der Waals surface area contributed by atoms with E-state index in [1.807, 2.05) is 97.1 Å². The maximum absolute atomic E-state index is 13.4. The number of fused-ring (bicyclic) bond motifs is 2. The number of rotatable bonds is 4. The zero-order valence-corrected chi connectivity index (χ0v) is 16.3. The van der Waals surface area contributed by atoms with Gasteiger partial charge in [-0.15, -0.1) is 0 Å². The number of hydrogen-bond donors (Lipinski definition) is 2. The lowest BCUT2D eigenvalue weighted by molar-refractivity contribution is 0.160. The van der Waals surface area contributed by atoms with E-state index < -0.39 is 12.0 Å². The molecule has 0 aliphatic heterocycles. The maximum atomic E-state index is 13.4. The molecule has 4 aromatic carbocycles. The number of aliphatic hydroxyl groups is 1. The Kier molecular flexibility index (Phi) is 4.66. The molecular weight excluding hydrogens is 370 g/mol. The number of aromatic amines is 1. The number of benzene rings is 4. The molecule has 0 aliphatic rings. The van der Waals surface area contributed by atoms with Crippen LogP contribution in [0, 0.1) is 0 Å². The lowest BCUT2D eigenvalue weighted by atomic mass is 9.82. The van der Waals surface area contributed by atoms with Gasteiger partial charge in [0, 0.05) is 28.6 Å². The van der Waals surface area contributed by atoms with Crippen LogP contribution in [0.3, 0.4) is 0 Å². The minimum atomic E-state index is -0.874. The molecule has 30 heavy (non-hydrogen) atoms. The summed E-state index contributed by atoms with van der Waals surface area (Å²) in [6.45, 7) is 0. The molecule has 0 saturated heterocycles. The second kappa shape index (κ2) is 7.62. The monoisotopic (exact) mass is 391 g/mol. The van der Waals surface area contributed by atoms with E-state index >= 15 is 0 Å². The molecule has 3 nitrogen and oxygen atoms in total. The summed E-state index contributed by atoms with van der Waals surface area (Å²) in [6.07, 6.45) is 0.872. The number of hydrogen-bond acceptors (Lipinski definition) is 2. The molecule has 0 radical (unpaired) electrons. The lowest BCUT2D eigenvalue weighted by Gasteiger charge is -2.25. The minimum Gasteiger partial charge on any atom is -0.387 e. The molecule has 3 heteroatoms. The SMILES string of the molecule is O=c1c(C(c2ccccc2)C(O)c2cccc3ccccc23)c[nH]c2ccccc12. The molecule has 5 rings (SSSR count). The summed E-state index contributed by atoms with van der Waals surface area (Å²) in [7, 11) is 0. The summed E-state index contributed by atoms with van der Waals surface area (Å²) in [5, 5.41) is 14.3. The zero-order valence-electron chi connectivity index (χ0n) is 16.3. The molecule has 1 aromatic heterocycles. The van der Waals surface area contributed by atoms with Gasteiger partial charge in [-0.1, -0.05) is 84.9 Å². The number of nitrogens with one attached hydrogen (secondary N) is 1. The fourth-order valence-corrected chi connectivity index (χ4v) is 4.29. The van der Waals surface area contributed by atoms with Crippen LogP contribution in [-0.2, 0) is 0 Å². The second-order valence-corrected chi connectivity index (χ2v) is 7.52. The summed E-state index contributed by atoms with van der Waals surface area (Å²) in [5.41, 5.74) is 3.00. The van der Waals surface area contributed by atoms with Gasteiger partial charge in [-0.2, -0.15) is 0 Å². The van der Waals surface area contributed by atoms with E-state index in [-0.39, 0.29) is 5.43 Å². The topological polar surface area (TPSA) is 53.1 Å². The van der Waals surface area contributed by atoms with Crippen molar-refractivity contribution < 1.29 is 5.11 Å². The van der Waals surface area contributed by atoms with Crippen LogP contribution in [0.4, 0.5) is 0 Å².